The highest BCUT2D eigenvalue weighted by Crippen LogP contribution is 2.37. The highest BCUT2D eigenvalue weighted by molar-refractivity contribution is 5.50. The number of halogens is 2. The lowest BCUT2D eigenvalue weighted by Gasteiger charge is -2.36. The van der Waals surface area contributed by atoms with E-state index in [1.165, 1.54) is 31.9 Å². The fraction of sp³-hybridized carbons (Fsp3) is 0.611. The van der Waals surface area contributed by atoms with Gasteiger partial charge in [0, 0.05) is 18.3 Å². The Morgan fingerprint density at radius 3 is 2.62 bits per heavy atom. The molecule has 0 amide bonds. The number of hydrogen-bond donors (Lipinski definition) is 0. The highest BCUT2D eigenvalue weighted by atomic mass is 19.3. The Hall–Kier alpha value is -1.93. The van der Waals surface area contributed by atoms with Crippen LogP contribution < -0.4 is 0 Å². The molecule has 0 aliphatic carbocycles. The van der Waals surface area contributed by atoms with E-state index in [-0.39, 0.29) is 5.89 Å². The number of piperidine rings is 1. The second-order valence-corrected chi connectivity index (χ2v) is 7.19. The molecule has 0 saturated carbocycles. The van der Waals surface area contributed by atoms with E-state index in [4.69, 9.17) is 9.15 Å². The summed E-state index contributed by atoms with van der Waals surface area (Å²) in [7, 11) is 2.23. The van der Waals surface area contributed by atoms with Gasteiger partial charge in [-0.3, -0.25) is 4.98 Å². The van der Waals surface area contributed by atoms with Crippen LogP contribution in [0.2, 0.25) is 0 Å². The van der Waals surface area contributed by atoms with Crippen molar-refractivity contribution in [3.8, 4) is 11.5 Å². The Kier molecular flexibility index (Phi) is 4.95. The van der Waals surface area contributed by atoms with Crippen LogP contribution >= 0.6 is 0 Å². The quantitative estimate of drug-likeness (QED) is 0.782. The van der Waals surface area contributed by atoms with Gasteiger partial charge in [-0.25, -0.2) is 0 Å². The minimum atomic E-state index is -2.77. The first-order valence-corrected chi connectivity index (χ1v) is 8.96. The Balaban J connectivity index is 1.28. The number of fused-ring (bicyclic) bond motifs is 2. The first-order valence-electron chi connectivity index (χ1n) is 8.96. The summed E-state index contributed by atoms with van der Waals surface area (Å²) in [5.74, 6) is -0.0179. The van der Waals surface area contributed by atoms with Crippen molar-refractivity contribution in [3.63, 3.8) is 0 Å². The number of rotatable bonds is 6. The summed E-state index contributed by atoms with van der Waals surface area (Å²) >= 11 is 0. The molecule has 6 nitrogen and oxygen atoms in total. The maximum atomic E-state index is 12.5. The van der Waals surface area contributed by atoms with Gasteiger partial charge in [0.25, 0.3) is 5.89 Å². The summed E-state index contributed by atoms with van der Waals surface area (Å²) in [4.78, 5) is 6.82. The smallest absolute Gasteiger partial charge is 0.314 e. The molecule has 0 N–H and O–H groups in total. The number of alkyl halides is 2. The summed E-state index contributed by atoms with van der Waals surface area (Å²) in [6, 6.07) is 4.95. The van der Waals surface area contributed by atoms with E-state index < -0.39 is 12.3 Å². The van der Waals surface area contributed by atoms with Gasteiger partial charge < -0.3 is 14.1 Å². The van der Waals surface area contributed by atoms with E-state index in [1.807, 2.05) is 0 Å². The van der Waals surface area contributed by atoms with Crippen molar-refractivity contribution in [1.82, 2.24) is 20.1 Å². The lowest BCUT2D eigenvalue weighted by atomic mass is 9.92. The third-order valence-electron chi connectivity index (χ3n) is 5.50. The average Bonchev–Trinajstić information content (AvgIpc) is 3.19. The van der Waals surface area contributed by atoms with Crippen LogP contribution in [0.4, 0.5) is 8.78 Å². The standard InChI is InChI=1S/C18H22F2N4O2/c1-24-14-4-5-15(24)7-11(6-14)9-25-10-13-3-2-12(8-21-13)17-22-23-18(26-17)16(19)20/h2-3,8,11,14-16H,4-7,9-10H2,1H3. The summed E-state index contributed by atoms with van der Waals surface area (Å²) in [6.07, 6.45) is 3.81. The molecular formula is C18H22F2N4O2. The molecule has 2 saturated heterocycles. The van der Waals surface area contributed by atoms with Crippen molar-refractivity contribution < 1.29 is 17.9 Å². The van der Waals surface area contributed by atoms with Crippen LogP contribution in [-0.2, 0) is 11.3 Å². The fourth-order valence-electron chi connectivity index (χ4n) is 4.07. The van der Waals surface area contributed by atoms with Crippen LogP contribution in [0, 0.1) is 5.92 Å². The van der Waals surface area contributed by atoms with Crippen molar-refractivity contribution in [3.05, 3.63) is 29.9 Å². The van der Waals surface area contributed by atoms with Gasteiger partial charge in [-0.2, -0.15) is 8.78 Å². The molecular weight excluding hydrogens is 342 g/mol. The molecule has 2 bridgehead atoms. The molecule has 2 aromatic heterocycles. The van der Waals surface area contributed by atoms with Gasteiger partial charge in [0.2, 0.25) is 5.89 Å². The van der Waals surface area contributed by atoms with E-state index in [1.54, 1.807) is 12.1 Å². The lowest BCUT2D eigenvalue weighted by molar-refractivity contribution is 0.0394. The van der Waals surface area contributed by atoms with Crippen molar-refractivity contribution >= 4 is 0 Å². The van der Waals surface area contributed by atoms with Crippen molar-refractivity contribution in [2.45, 2.75) is 50.8 Å². The van der Waals surface area contributed by atoms with Crippen LogP contribution in [0.25, 0.3) is 11.5 Å². The zero-order valence-corrected chi connectivity index (χ0v) is 14.6. The second kappa shape index (κ2) is 7.36. The van der Waals surface area contributed by atoms with Gasteiger partial charge in [0.05, 0.1) is 24.5 Å². The Morgan fingerprint density at radius 1 is 1.23 bits per heavy atom. The lowest BCUT2D eigenvalue weighted by Crippen LogP contribution is -2.41. The Morgan fingerprint density at radius 2 is 2.00 bits per heavy atom. The van der Waals surface area contributed by atoms with E-state index in [2.05, 4.69) is 27.1 Å². The largest absolute Gasteiger partial charge is 0.415 e. The summed E-state index contributed by atoms with van der Waals surface area (Å²) in [5.41, 5.74) is 1.30. The van der Waals surface area contributed by atoms with Gasteiger partial charge in [0.1, 0.15) is 0 Å². The van der Waals surface area contributed by atoms with E-state index in [9.17, 15) is 8.78 Å². The summed E-state index contributed by atoms with van der Waals surface area (Å²) in [5, 5.41) is 6.93. The molecule has 2 aliphatic heterocycles. The Labute approximate surface area is 150 Å². The number of nitrogens with zero attached hydrogens (tertiary/aromatic N) is 4. The normalized spacial score (nSPS) is 25.9. The van der Waals surface area contributed by atoms with E-state index in [0.29, 0.717) is 30.2 Å². The van der Waals surface area contributed by atoms with Gasteiger partial charge in [-0.15, -0.1) is 10.2 Å². The van der Waals surface area contributed by atoms with Gasteiger partial charge in [-0.05, 0) is 50.8 Å². The van der Waals surface area contributed by atoms with Crippen LogP contribution in [-0.4, -0.2) is 45.8 Å². The molecule has 0 radical (unpaired) electrons. The molecule has 0 spiro atoms. The zero-order chi connectivity index (χ0) is 18.1. The van der Waals surface area contributed by atoms with Gasteiger partial charge in [0.15, 0.2) is 0 Å². The predicted octanol–water partition coefficient (Wildman–Crippen LogP) is 3.46. The second-order valence-electron chi connectivity index (χ2n) is 7.19. The number of hydrogen-bond acceptors (Lipinski definition) is 6. The molecule has 2 unspecified atom stereocenters. The predicted molar refractivity (Wildman–Crippen MR) is 89.4 cm³/mol. The first kappa shape index (κ1) is 17.5. The van der Waals surface area contributed by atoms with Crippen LogP contribution in [0.15, 0.2) is 22.7 Å². The third-order valence-corrected chi connectivity index (χ3v) is 5.50. The summed E-state index contributed by atoms with van der Waals surface area (Å²) in [6.45, 7) is 1.19. The molecule has 2 aromatic rings. The van der Waals surface area contributed by atoms with Gasteiger partial charge in [-0.1, -0.05) is 0 Å². The topological polar surface area (TPSA) is 64.3 Å². The number of pyridine rings is 1. The minimum absolute atomic E-state index is 0.0436. The van der Waals surface area contributed by atoms with Gasteiger partial charge >= 0.3 is 6.43 Å². The van der Waals surface area contributed by atoms with Crippen molar-refractivity contribution in [2.24, 2.45) is 5.92 Å². The highest BCUT2D eigenvalue weighted by Gasteiger charge is 2.38. The maximum Gasteiger partial charge on any atom is 0.314 e. The maximum absolute atomic E-state index is 12.5. The summed E-state index contributed by atoms with van der Waals surface area (Å²) < 4.78 is 35.8. The molecule has 2 aliphatic rings. The van der Waals surface area contributed by atoms with E-state index in [0.717, 1.165) is 12.3 Å². The van der Waals surface area contributed by atoms with Crippen molar-refractivity contribution in [2.75, 3.05) is 13.7 Å². The molecule has 4 heterocycles. The molecule has 26 heavy (non-hydrogen) atoms. The number of aromatic nitrogens is 3. The molecule has 140 valence electrons. The Bertz CT molecular complexity index is 723. The van der Waals surface area contributed by atoms with Crippen molar-refractivity contribution in [1.29, 1.82) is 0 Å². The fourth-order valence-corrected chi connectivity index (χ4v) is 4.07. The average molecular weight is 364 g/mol. The third kappa shape index (κ3) is 3.61. The monoisotopic (exact) mass is 364 g/mol. The molecule has 2 fully saturated rings. The molecule has 0 aromatic carbocycles. The zero-order valence-electron chi connectivity index (χ0n) is 14.6. The molecule has 4 rings (SSSR count). The van der Waals surface area contributed by atoms with Crippen LogP contribution in [0.5, 0.6) is 0 Å². The molecule has 2 atom stereocenters. The minimum Gasteiger partial charge on any atom is -0.415 e. The van der Waals surface area contributed by atoms with Crippen LogP contribution in [0.3, 0.4) is 0 Å². The first-order chi connectivity index (χ1) is 12.6. The SMILES string of the molecule is CN1C2CCC1CC(COCc1ccc(-c3nnc(C(F)F)o3)cn1)C2. The molecule has 8 heteroatoms. The van der Waals surface area contributed by atoms with E-state index >= 15 is 0 Å². The number of ether oxygens (including phenoxy) is 1. The van der Waals surface area contributed by atoms with Crippen LogP contribution in [0.1, 0.15) is 43.7 Å².